The summed E-state index contributed by atoms with van der Waals surface area (Å²) in [5.74, 6) is 0.180. The highest BCUT2D eigenvalue weighted by Crippen LogP contribution is 2.19. The minimum atomic E-state index is -0.313. The number of nitrogens with one attached hydrogen (secondary N) is 2. The lowest BCUT2D eigenvalue weighted by molar-refractivity contribution is -0.121. The van der Waals surface area contributed by atoms with Crippen molar-refractivity contribution in [3.05, 3.63) is 29.6 Å². The van der Waals surface area contributed by atoms with E-state index in [1.54, 1.807) is 20.2 Å². The lowest BCUT2D eigenvalue weighted by atomic mass is 10.2. The SMILES string of the molecule is CNC(=O)CCOc1ccc(F)cc1CNCCOC. The molecule has 0 bridgehead atoms. The van der Waals surface area contributed by atoms with Crippen molar-refractivity contribution in [2.45, 2.75) is 13.0 Å². The van der Waals surface area contributed by atoms with Gasteiger partial charge in [0.2, 0.25) is 5.91 Å². The molecule has 0 fully saturated rings. The van der Waals surface area contributed by atoms with Crippen LogP contribution in [0.25, 0.3) is 0 Å². The monoisotopic (exact) mass is 284 g/mol. The van der Waals surface area contributed by atoms with Crippen LogP contribution in [0.3, 0.4) is 0 Å². The first-order valence-corrected chi connectivity index (χ1v) is 6.49. The predicted molar refractivity (Wildman–Crippen MR) is 74.2 cm³/mol. The lowest BCUT2D eigenvalue weighted by Gasteiger charge is -2.12. The van der Waals surface area contributed by atoms with Crippen LogP contribution in [0.1, 0.15) is 12.0 Å². The molecule has 0 aromatic heterocycles. The molecule has 1 aromatic carbocycles. The highest BCUT2D eigenvalue weighted by atomic mass is 19.1. The number of hydrogen-bond donors (Lipinski definition) is 2. The molecule has 0 aliphatic rings. The number of carbonyl (C=O) groups is 1. The first-order chi connectivity index (χ1) is 9.67. The summed E-state index contributed by atoms with van der Waals surface area (Å²) in [6.45, 7) is 2.00. The third-order valence-corrected chi connectivity index (χ3v) is 2.69. The highest BCUT2D eigenvalue weighted by Gasteiger charge is 2.06. The van der Waals surface area contributed by atoms with Gasteiger partial charge in [0.15, 0.2) is 0 Å². The molecule has 0 atom stereocenters. The van der Waals surface area contributed by atoms with Crippen LogP contribution in [0.15, 0.2) is 18.2 Å². The second-order valence-electron chi connectivity index (χ2n) is 4.19. The van der Waals surface area contributed by atoms with E-state index in [1.807, 2.05) is 0 Å². The summed E-state index contributed by atoms with van der Waals surface area (Å²) in [6.07, 6.45) is 0.268. The standard InChI is InChI=1S/C14H21FN2O3/c1-16-14(18)5-7-20-13-4-3-12(15)9-11(13)10-17-6-8-19-2/h3-4,9,17H,5-8,10H2,1-2H3,(H,16,18). The van der Waals surface area contributed by atoms with Crippen molar-refractivity contribution in [1.82, 2.24) is 10.6 Å². The molecular weight excluding hydrogens is 263 g/mol. The summed E-state index contributed by atoms with van der Waals surface area (Å²) in [5.41, 5.74) is 0.720. The number of benzene rings is 1. The number of carbonyl (C=O) groups excluding carboxylic acids is 1. The van der Waals surface area contributed by atoms with Crippen LogP contribution in [0.2, 0.25) is 0 Å². The number of ether oxygens (including phenoxy) is 2. The van der Waals surface area contributed by atoms with Gasteiger partial charge in [-0.2, -0.15) is 0 Å². The summed E-state index contributed by atoms with van der Waals surface area (Å²) >= 11 is 0. The molecule has 0 heterocycles. The summed E-state index contributed by atoms with van der Waals surface area (Å²) < 4.78 is 23.7. The number of hydrogen-bond acceptors (Lipinski definition) is 4. The normalized spacial score (nSPS) is 10.3. The Morgan fingerprint density at radius 3 is 2.85 bits per heavy atom. The Bertz CT molecular complexity index is 427. The molecule has 0 saturated heterocycles. The molecule has 0 aliphatic carbocycles. The number of amides is 1. The Hall–Kier alpha value is -1.66. The van der Waals surface area contributed by atoms with E-state index in [9.17, 15) is 9.18 Å². The number of halogens is 1. The largest absolute Gasteiger partial charge is 0.493 e. The second kappa shape index (κ2) is 9.28. The first-order valence-electron chi connectivity index (χ1n) is 6.49. The van der Waals surface area contributed by atoms with Gasteiger partial charge in [0.05, 0.1) is 19.6 Å². The molecule has 0 aliphatic heterocycles. The van der Waals surface area contributed by atoms with Crippen LogP contribution in [-0.2, 0) is 16.1 Å². The van der Waals surface area contributed by atoms with E-state index in [-0.39, 0.29) is 24.8 Å². The lowest BCUT2D eigenvalue weighted by Crippen LogP contribution is -2.21. The Kier molecular flexibility index (Phi) is 7.60. The maximum Gasteiger partial charge on any atom is 0.223 e. The molecule has 112 valence electrons. The smallest absolute Gasteiger partial charge is 0.223 e. The van der Waals surface area contributed by atoms with E-state index >= 15 is 0 Å². The van der Waals surface area contributed by atoms with Crippen LogP contribution in [0.5, 0.6) is 5.75 Å². The zero-order valence-corrected chi connectivity index (χ0v) is 11.9. The molecule has 0 radical (unpaired) electrons. The fraction of sp³-hybridized carbons (Fsp3) is 0.500. The number of rotatable bonds is 9. The van der Waals surface area contributed by atoms with Gasteiger partial charge in [0.1, 0.15) is 11.6 Å². The van der Waals surface area contributed by atoms with Crippen molar-refractivity contribution < 1.29 is 18.7 Å². The molecule has 6 heteroatoms. The average Bonchev–Trinajstić information content (AvgIpc) is 2.45. The van der Waals surface area contributed by atoms with Crippen LogP contribution < -0.4 is 15.4 Å². The Morgan fingerprint density at radius 2 is 2.15 bits per heavy atom. The molecule has 5 nitrogen and oxygen atoms in total. The van der Waals surface area contributed by atoms with Crippen molar-refractivity contribution in [1.29, 1.82) is 0 Å². The summed E-state index contributed by atoms with van der Waals surface area (Å²) in [5, 5.41) is 5.65. The minimum Gasteiger partial charge on any atom is -0.493 e. The van der Waals surface area contributed by atoms with E-state index in [2.05, 4.69) is 10.6 Å². The minimum absolute atomic E-state index is 0.0909. The van der Waals surface area contributed by atoms with Gasteiger partial charge < -0.3 is 20.1 Å². The maximum absolute atomic E-state index is 13.3. The molecule has 0 unspecified atom stereocenters. The van der Waals surface area contributed by atoms with Crippen LogP contribution >= 0.6 is 0 Å². The van der Waals surface area contributed by atoms with Crippen LogP contribution in [0.4, 0.5) is 4.39 Å². The van der Waals surface area contributed by atoms with Crippen LogP contribution in [-0.4, -0.2) is 39.8 Å². The average molecular weight is 284 g/mol. The second-order valence-corrected chi connectivity index (χ2v) is 4.19. The fourth-order valence-electron chi connectivity index (χ4n) is 1.60. The van der Waals surface area contributed by atoms with Gasteiger partial charge in [-0.15, -0.1) is 0 Å². The van der Waals surface area contributed by atoms with Gasteiger partial charge in [-0.3, -0.25) is 4.79 Å². The molecule has 1 aromatic rings. The summed E-state index contributed by atoms with van der Waals surface area (Å²) in [7, 11) is 3.20. The maximum atomic E-state index is 13.3. The topological polar surface area (TPSA) is 59.6 Å². The van der Waals surface area contributed by atoms with Crippen molar-refractivity contribution in [2.24, 2.45) is 0 Å². The van der Waals surface area contributed by atoms with Gasteiger partial charge in [0, 0.05) is 32.8 Å². The molecule has 0 saturated carbocycles. The Labute approximate surface area is 118 Å². The molecule has 20 heavy (non-hydrogen) atoms. The van der Waals surface area contributed by atoms with Crippen molar-refractivity contribution in [3.8, 4) is 5.75 Å². The summed E-state index contributed by atoms with van der Waals surface area (Å²) in [6, 6.07) is 4.34. The molecule has 1 rings (SSSR count). The van der Waals surface area contributed by atoms with Crippen molar-refractivity contribution >= 4 is 5.91 Å². The molecule has 1 amide bonds. The van der Waals surface area contributed by atoms with Gasteiger partial charge in [-0.25, -0.2) is 4.39 Å². The third-order valence-electron chi connectivity index (χ3n) is 2.69. The first kappa shape index (κ1) is 16.4. The highest BCUT2D eigenvalue weighted by molar-refractivity contribution is 5.75. The van der Waals surface area contributed by atoms with Crippen LogP contribution in [0, 0.1) is 5.82 Å². The van der Waals surface area contributed by atoms with E-state index in [0.717, 1.165) is 5.56 Å². The number of methoxy groups -OCH3 is 1. The molecule has 0 spiro atoms. The zero-order chi connectivity index (χ0) is 14.8. The van der Waals surface area contributed by atoms with Crippen molar-refractivity contribution in [3.63, 3.8) is 0 Å². The third kappa shape index (κ3) is 5.99. The van der Waals surface area contributed by atoms with Gasteiger partial charge in [0.25, 0.3) is 0 Å². The quantitative estimate of drug-likeness (QED) is 0.666. The molecular formula is C14H21FN2O3. The zero-order valence-electron chi connectivity index (χ0n) is 11.9. The van der Waals surface area contributed by atoms with Gasteiger partial charge in [-0.05, 0) is 18.2 Å². The van der Waals surface area contributed by atoms with Gasteiger partial charge in [-0.1, -0.05) is 0 Å². The Balaban J connectivity index is 2.53. The van der Waals surface area contributed by atoms with Crippen molar-refractivity contribution in [2.75, 3.05) is 33.9 Å². The van der Waals surface area contributed by atoms with E-state index < -0.39 is 0 Å². The van der Waals surface area contributed by atoms with E-state index in [1.165, 1.54) is 12.1 Å². The predicted octanol–water partition coefficient (Wildman–Crippen LogP) is 1.08. The fourth-order valence-corrected chi connectivity index (χ4v) is 1.60. The van der Waals surface area contributed by atoms with E-state index in [4.69, 9.17) is 9.47 Å². The summed E-state index contributed by atoms with van der Waals surface area (Å²) in [4.78, 5) is 11.1. The molecule has 2 N–H and O–H groups in total. The van der Waals surface area contributed by atoms with Gasteiger partial charge >= 0.3 is 0 Å². The Morgan fingerprint density at radius 1 is 1.35 bits per heavy atom. The van der Waals surface area contributed by atoms with E-state index in [0.29, 0.717) is 25.4 Å².